The molecule has 310 valence electrons. The van der Waals surface area contributed by atoms with E-state index < -0.39 is 23.8 Å². The maximum atomic E-state index is 15.1. The van der Waals surface area contributed by atoms with Crippen molar-refractivity contribution in [2.75, 3.05) is 54.4 Å². The Labute approximate surface area is 348 Å². The van der Waals surface area contributed by atoms with Gasteiger partial charge in [-0.05, 0) is 74.7 Å². The van der Waals surface area contributed by atoms with Gasteiger partial charge < -0.3 is 0 Å². The number of aromatic nitrogens is 4. The molecule has 2 aromatic heterocycles. The Morgan fingerprint density at radius 2 is 1.02 bits per heavy atom. The second-order valence-electron chi connectivity index (χ2n) is 16.5. The molecule has 4 heterocycles. The van der Waals surface area contributed by atoms with Crippen LogP contribution in [0.1, 0.15) is 54.5 Å². The lowest BCUT2D eigenvalue weighted by Crippen LogP contribution is -2.57. The maximum absolute atomic E-state index is 15.1. The second-order valence-corrected chi connectivity index (χ2v) is 16.5. The zero-order valence-electron chi connectivity index (χ0n) is 34.5. The van der Waals surface area contributed by atoms with Crippen molar-refractivity contribution in [1.29, 1.82) is 0 Å². The average Bonchev–Trinajstić information content (AvgIpc) is 4.09. The fourth-order valence-corrected chi connectivity index (χ4v) is 9.51. The first-order valence-corrected chi connectivity index (χ1v) is 20.5. The first-order valence-electron chi connectivity index (χ1n) is 20.5. The summed E-state index contributed by atoms with van der Waals surface area (Å²) in [5.74, 6) is 1.27. The number of rotatable bonds is 11. The van der Waals surface area contributed by atoms with Gasteiger partial charge in [-0.2, -0.15) is 13.2 Å². The predicted molar refractivity (Wildman–Crippen MR) is 228 cm³/mol. The van der Waals surface area contributed by atoms with Gasteiger partial charge in [0.05, 0.1) is 43.1 Å². The monoisotopic (exact) mass is 816 g/mol. The van der Waals surface area contributed by atoms with E-state index in [9.17, 15) is 9.59 Å². The van der Waals surface area contributed by atoms with Crippen LogP contribution in [0.5, 0.6) is 0 Å². The summed E-state index contributed by atoms with van der Waals surface area (Å²) >= 11 is 0. The molecule has 0 spiro atoms. The van der Waals surface area contributed by atoms with Crippen LogP contribution in [0, 0.1) is 0 Å². The molecule has 6 aromatic rings. The number of quaternary nitrogens is 2. The van der Waals surface area contributed by atoms with Crippen LogP contribution in [0.3, 0.4) is 0 Å². The van der Waals surface area contributed by atoms with Crippen LogP contribution in [-0.2, 0) is 15.8 Å². The molecule has 13 heteroatoms. The van der Waals surface area contributed by atoms with Gasteiger partial charge in [0.2, 0.25) is 11.6 Å². The molecule has 0 unspecified atom stereocenters. The fraction of sp³-hybridized carbons (Fsp3) is 0.319. The first kappa shape index (κ1) is 41.0. The summed E-state index contributed by atoms with van der Waals surface area (Å²) in [4.78, 5) is 42.1. The molecule has 2 aliphatic rings. The average molecular weight is 817 g/mol. The van der Waals surface area contributed by atoms with Gasteiger partial charge in [-0.1, -0.05) is 78.9 Å². The number of imidazole rings is 2. The van der Waals surface area contributed by atoms with Crippen molar-refractivity contribution in [3.8, 4) is 22.5 Å². The molecule has 4 aromatic carbocycles. The molecule has 0 radical (unpaired) electrons. The minimum atomic E-state index is -4.68. The van der Waals surface area contributed by atoms with E-state index in [2.05, 4.69) is 9.97 Å². The highest BCUT2D eigenvalue weighted by Crippen LogP contribution is 2.42. The molecule has 2 fully saturated rings. The summed E-state index contributed by atoms with van der Waals surface area (Å²) in [7, 11) is 7.56. The number of likely N-dealkylation sites (tertiary alicyclic amines) is 2. The van der Waals surface area contributed by atoms with Crippen LogP contribution in [0.25, 0.3) is 22.5 Å². The molecular weight excluding hydrogens is 766 g/mol. The van der Waals surface area contributed by atoms with Crippen molar-refractivity contribution in [3.05, 3.63) is 145 Å². The van der Waals surface area contributed by atoms with E-state index in [0.717, 1.165) is 48.7 Å². The molecule has 2 atom stereocenters. The van der Waals surface area contributed by atoms with Crippen LogP contribution < -0.4 is 8.97 Å². The summed E-state index contributed by atoms with van der Waals surface area (Å²) in [5, 5.41) is 0. The molecule has 2 saturated heterocycles. The number of alkyl halides is 3. The number of likely N-dealkylation sites (N-methyl/N-ethyl adjacent to an activating group) is 2. The number of halogens is 3. The summed E-state index contributed by atoms with van der Waals surface area (Å²) in [6, 6.07) is 29.5. The SMILES string of the molecule is CN(C)[C@@H](C(=O)[N+]1(c2cncn2-c2ccc(-c3ccc(-n4cncc4[N+]4(C(=O)[C@@H](c5ccccc5)N(C)C)CCCC4)cc3C(F)(F)F)cc2)CCCC1)c1ccccc1. The Kier molecular flexibility index (Phi) is 11.2. The topological polar surface area (TPSA) is 76.3 Å². The number of hydrogen-bond donors (Lipinski definition) is 0. The zero-order valence-corrected chi connectivity index (χ0v) is 34.5. The van der Waals surface area contributed by atoms with E-state index >= 15 is 13.2 Å². The highest BCUT2D eigenvalue weighted by Gasteiger charge is 2.51. The van der Waals surface area contributed by atoms with Crippen molar-refractivity contribution >= 4 is 23.5 Å². The summed E-state index contributed by atoms with van der Waals surface area (Å²) in [6.07, 6.45) is 5.20. The van der Waals surface area contributed by atoms with E-state index in [1.807, 2.05) is 103 Å². The van der Waals surface area contributed by atoms with Gasteiger partial charge >= 0.3 is 18.0 Å². The molecule has 10 nitrogen and oxygen atoms in total. The van der Waals surface area contributed by atoms with Gasteiger partial charge in [0.25, 0.3) is 0 Å². The minimum Gasteiger partial charge on any atom is -0.291 e. The van der Waals surface area contributed by atoms with E-state index in [0.29, 0.717) is 43.2 Å². The second kappa shape index (κ2) is 16.4. The molecule has 8 rings (SSSR count). The summed E-state index contributed by atoms with van der Waals surface area (Å²) in [5.41, 5.74) is 2.34. The number of hydrogen-bond acceptors (Lipinski definition) is 6. The third-order valence-electron chi connectivity index (χ3n) is 12.4. The molecule has 0 N–H and O–H groups in total. The van der Waals surface area contributed by atoms with E-state index in [1.54, 1.807) is 53.6 Å². The molecule has 2 aliphatic heterocycles. The maximum Gasteiger partial charge on any atom is 0.417 e. The van der Waals surface area contributed by atoms with Crippen LogP contribution in [0.2, 0.25) is 0 Å². The lowest BCUT2D eigenvalue weighted by atomic mass is 9.98. The number of benzene rings is 4. The Balaban J connectivity index is 1.13. The molecule has 2 amide bonds. The van der Waals surface area contributed by atoms with Gasteiger partial charge in [0, 0.05) is 25.7 Å². The fourth-order valence-electron chi connectivity index (χ4n) is 9.51. The van der Waals surface area contributed by atoms with Gasteiger partial charge in [-0.15, -0.1) is 0 Å². The van der Waals surface area contributed by atoms with Crippen molar-refractivity contribution in [1.82, 2.24) is 37.9 Å². The Morgan fingerprint density at radius 3 is 1.43 bits per heavy atom. The standard InChI is InChI=1S/C47H51F3N8O2/c1-53(2)43(35-15-7-5-8-16-35)45(59)57(25-11-12-26-57)41-30-51-32-55(41)37-21-19-34(20-22-37)39-24-23-38(29-40(39)47(48,49)50)56-33-52-31-42(56)58(27-13-14-28-58)46(60)44(54(3)4)36-17-9-6-10-18-36/h5-10,15-24,29-33,43-44H,11-14,25-28H2,1-4H3/q+2/t43-,44-/m1/s1. The van der Waals surface area contributed by atoms with Crippen LogP contribution >= 0.6 is 0 Å². The summed E-state index contributed by atoms with van der Waals surface area (Å²) in [6.45, 7) is 2.29. The normalized spacial score (nSPS) is 17.3. The predicted octanol–water partition coefficient (Wildman–Crippen LogP) is 8.61. The van der Waals surface area contributed by atoms with Crippen LogP contribution in [0.4, 0.5) is 24.8 Å². The smallest absolute Gasteiger partial charge is 0.291 e. The quantitative estimate of drug-likeness (QED) is 0.122. The van der Waals surface area contributed by atoms with E-state index in [4.69, 9.17) is 0 Å². The van der Waals surface area contributed by atoms with Gasteiger partial charge in [-0.25, -0.2) is 28.5 Å². The van der Waals surface area contributed by atoms with Crippen molar-refractivity contribution < 1.29 is 22.8 Å². The molecule has 60 heavy (non-hydrogen) atoms. The Hall–Kier alpha value is -5.73. The molecular formula is C47H51F3N8O2+2. The van der Waals surface area contributed by atoms with E-state index in [-0.39, 0.29) is 32.0 Å². The lowest BCUT2D eigenvalue weighted by Gasteiger charge is -2.36. The van der Waals surface area contributed by atoms with Gasteiger partial charge in [0.15, 0.2) is 12.1 Å². The van der Waals surface area contributed by atoms with Gasteiger partial charge in [0.1, 0.15) is 25.0 Å². The van der Waals surface area contributed by atoms with Crippen molar-refractivity contribution in [2.45, 2.75) is 43.9 Å². The molecule has 0 saturated carbocycles. The minimum absolute atomic E-state index is 0.0216. The highest BCUT2D eigenvalue weighted by molar-refractivity contribution is 5.94. The molecule has 0 aliphatic carbocycles. The Bertz CT molecular complexity index is 2450. The first-order chi connectivity index (χ1) is 28.9. The third kappa shape index (κ3) is 7.29. The van der Waals surface area contributed by atoms with Crippen molar-refractivity contribution in [2.24, 2.45) is 0 Å². The largest absolute Gasteiger partial charge is 0.417 e. The number of carbonyl (C=O) groups is 2. The van der Waals surface area contributed by atoms with Crippen molar-refractivity contribution in [3.63, 3.8) is 0 Å². The lowest BCUT2D eigenvalue weighted by molar-refractivity contribution is -0.137. The highest BCUT2D eigenvalue weighted by atomic mass is 19.4. The number of nitrogens with zero attached hydrogens (tertiary/aromatic N) is 8. The number of amides is 2. The zero-order chi connectivity index (χ0) is 42.2. The van der Waals surface area contributed by atoms with E-state index in [1.165, 1.54) is 12.4 Å². The molecule has 0 bridgehead atoms. The van der Waals surface area contributed by atoms with Crippen LogP contribution in [-0.4, -0.2) is 95.1 Å². The summed E-state index contributed by atoms with van der Waals surface area (Å²) < 4.78 is 48.9. The number of carbonyl (C=O) groups excluding carboxylic acids is 2. The van der Waals surface area contributed by atoms with Gasteiger partial charge in [-0.3, -0.25) is 18.9 Å². The Morgan fingerprint density at radius 1 is 0.600 bits per heavy atom. The van der Waals surface area contributed by atoms with Crippen LogP contribution in [0.15, 0.2) is 128 Å². The third-order valence-corrected chi connectivity index (χ3v) is 12.4.